The highest BCUT2D eigenvalue weighted by atomic mass is 19.1. The van der Waals surface area contributed by atoms with E-state index in [9.17, 15) is 14.0 Å². The summed E-state index contributed by atoms with van der Waals surface area (Å²) in [6.07, 6.45) is -0.491. The molecule has 0 unspecified atom stereocenters. The molecule has 6 nitrogen and oxygen atoms in total. The first-order valence-corrected chi connectivity index (χ1v) is 9.35. The first-order valence-electron chi connectivity index (χ1n) is 9.35. The van der Waals surface area contributed by atoms with Gasteiger partial charge >= 0.3 is 6.09 Å². The highest BCUT2D eigenvalue weighted by molar-refractivity contribution is 5.94. The molecule has 7 heteroatoms. The molecule has 29 heavy (non-hydrogen) atoms. The normalized spacial score (nSPS) is 10.9. The van der Waals surface area contributed by atoms with E-state index in [4.69, 9.17) is 9.47 Å². The molecule has 0 saturated carbocycles. The number of ether oxygens (including phenoxy) is 2. The van der Waals surface area contributed by atoms with Crippen LogP contribution in [0.1, 0.15) is 36.7 Å². The Morgan fingerprint density at radius 2 is 1.76 bits per heavy atom. The second kappa shape index (κ2) is 9.91. The van der Waals surface area contributed by atoms with E-state index < -0.39 is 23.4 Å². The van der Waals surface area contributed by atoms with Gasteiger partial charge < -0.3 is 19.7 Å². The first kappa shape index (κ1) is 22.2. The third kappa shape index (κ3) is 7.10. The van der Waals surface area contributed by atoms with Crippen molar-refractivity contribution in [1.82, 2.24) is 10.2 Å². The molecule has 0 aliphatic carbocycles. The molecule has 0 saturated heterocycles. The molecule has 0 spiro atoms. The standard InChI is InChI=1S/C22H27FN2O4/c1-22(2,3)29-21(27)25(4)14-13-24-20(26)17-11-8-12-18(19(17)23)28-15-16-9-6-5-7-10-16/h5-12H,13-15H2,1-4H3,(H,24,26). The van der Waals surface area contributed by atoms with Crippen molar-refractivity contribution in [3.05, 3.63) is 65.5 Å². The number of amides is 2. The van der Waals surface area contributed by atoms with Gasteiger partial charge in [0, 0.05) is 20.1 Å². The lowest BCUT2D eigenvalue weighted by Crippen LogP contribution is -2.39. The number of halogens is 1. The van der Waals surface area contributed by atoms with Gasteiger partial charge in [-0.3, -0.25) is 4.79 Å². The minimum Gasteiger partial charge on any atom is -0.486 e. The molecule has 0 radical (unpaired) electrons. The van der Waals surface area contributed by atoms with Crippen LogP contribution in [-0.4, -0.2) is 42.6 Å². The van der Waals surface area contributed by atoms with Crippen molar-refractivity contribution in [3.63, 3.8) is 0 Å². The van der Waals surface area contributed by atoms with Gasteiger partial charge in [-0.15, -0.1) is 0 Å². The second-order valence-corrected chi connectivity index (χ2v) is 7.55. The fraction of sp³-hybridized carbons (Fsp3) is 0.364. The minimum atomic E-state index is -0.721. The third-order valence-electron chi connectivity index (χ3n) is 3.88. The summed E-state index contributed by atoms with van der Waals surface area (Å²) < 4.78 is 25.4. The van der Waals surface area contributed by atoms with Crippen molar-refractivity contribution in [3.8, 4) is 5.75 Å². The molecule has 0 aromatic heterocycles. The number of nitrogens with one attached hydrogen (secondary N) is 1. The van der Waals surface area contributed by atoms with Gasteiger partial charge in [-0.25, -0.2) is 9.18 Å². The van der Waals surface area contributed by atoms with Crippen molar-refractivity contribution >= 4 is 12.0 Å². The summed E-state index contributed by atoms with van der Waals surface area (Å²) >= 11 is 0. The van der Waals surface area contributed by atoms with Gasteiger partial charge in [-0.05, 0) is 38.5 Å². The summed E-state index contributed by atoms with van der Waals surface area (Å²) in [4.78, 5) is 25.6. The van der Waals surface area contributed by atoms with Gasteiger partial charge in [-0.2, -0.15) is 0 Å². The van der Waals surface area contributed by atoms with E-state index in [0.717, 1.165) is 5.56 Å². The number of benzene rings is 2. The molecule has 1 N–H and O–H groups in total. The fourth-order valence-corrected chi connectivity index (χ4v) is 2.40. The van der Waals surface area contributed by atoms with Gasteiger partial charge in [-0.1, -0.05) is 36.4 Å². The van der Waals surface area contributed by atoms with Gasteiger partial charge in [0.25, 0.3) is 5.91 Å². The highest BCUT2D eigenvalue weighted by Crippen LogP contribution is 2.21. The van der Waals surface area contributed by atoms with Gasteiger partial charge in [0.1, 0.15) is 12.2 Å². The van der Waals surface area contributed by atoms with E-state index in [1.165, 1.54) is 17.0 Å². The SMILES string of the molecule is CN(CCNC(=O)c1cccc(OCc2ccccc2)c1F)C(=O)OC(C)(C)C. The van der Waals surface area contributed by atoms with E-state index in [-0.39, 0.29) is 31.0 Å². The van der Waals surface area contributed by atoms with E-state index in [0.29, 0.717) is 0 Å². The molecule has 156 valence electrons. The van der Waals surface area contributed by atoms with Crippen LogP contribution in [0.2, 0.25) is 0 Å². The molecule has 2 amide bonds. The van der Waals surface area contributed by atoms with Crippen molar-refractivity contribution in [2.45, 2.75) is 33.0 Å². The summed E-state index contributed by atoms with van der Waals surface area (Å²) in [7, 11) is 1.57. The number of hydrogen-bond acceptors (Lipinski definition) is 4. The lowest BCUT2D eigenvalue weighted by atomic mass is 10.2. The molecule has 0 bridgehead atoms. The monoisotopic (exact) mass is 402 g/mol. The van der Waals surface area contributed by atoms with E-state index in [1.54, 1.807) is 33.9 Å². The molecular formula is C22H27FN2O4. The van der Waals surface area contributed by atoms with E-state index >= 15 is 0 Å². The maximum absolute atomic E-state index is 14.7. The number of rotatable bonds is 7. The van der Waals surface area contributed by atoms with Crippen LogP contribution in [0.4, 0.5) is 9.18 Å². The largest absolute Gasteiger partial charge is 0.486 e. The van der Waals surface area contributed by atoms with E-state index in [2.05, 4.69) is 5.32 Å². The molecule has 0 atom stereocenters. The fourth-order valence-electron chi connectivity index (χ4n) is 2.40. The van der Waals surface area contributed by atoms with Crippen LogP contribution in [0.15, 0.2) is 48.5 Å². The average Bonchev–Trinajstić information content (AvgIpc) is 2.66. The lowest BCUT2D eigenvalue weighted by molar-refractivity contribution is 0.0299. The molecular weight excluding hydrogens is 375 g/mol. The van der Waals surface area contributed by atoms with Crippen LogP contribution in [0.5, 0.6) is 5.75 Å². The Hall–Kier alpha value is -3.09. The van der Waals surface area contributed by atoms with Crippen molar-refractivity contribution in [2.75, 3.05) is 20.1 Å². The molecule has 0 heterocycles. The van der Waals surface area contributed by atoms with Crippen molar-refractivity contribution in [2.24, 2.45) is 0 Å². The predicted octanol–water partition coefficient (Wildman–Crippen LogP) is 4.00. The minimum absolute atomic E-state index is 0.00683. The molecule has 2 aromatic carbocycles. The Bertz CT molecular complexity index is 834. The Kier molecular flexibility index (Phi) is 7.59. The number of likely N-dealkylation sites (N-methyl/N-ethyl adjacent to an activating group) is 1. The molecule has 2 aromatic rings. The number of nitrogens with zero attached hydrogens (tertiary/aromatic N) is 1. The zero-order chi connectivity index (χ0) is 21.4. The molecule has 0 aliphatic rings. The summed E-state index contributed by atoms with van der Waals surface area (Å²) in [6, 6.07) is 13.8. The first-order chi connectivity index (χ1) is 13.7. The summed E-state index contributed by atoms with van der Waals surface area (Å²) in [6.45, 7) is 5.90. The number of hydrogen-bond donors (Lipinski definition) is 1. The van der Waals surface area contributed by atoms with Gasteiger partial charge in [0.2, 0.25) is 0 Å². The zero-order valence-corrected chi connectivity index (χ0v) is 17.2. The zero-order valence-electron chi connectivity index (χ0n) is 17.2. The average molecular weight is 402 g/mol. The van der Waals surface area contributed by atoms with Crippen LogP contribution >= 0.6 is 0 Å². The number of carbonyl (C=O) groups is 2. The van der Waals surface area contributed by atoms with Crippen LogP contribution in [0.25, 0.3) is 0 Å². The third-order valence-corrected chi connectivity index (χ3v) is 3.88. The van der Waals surface area contributed by atoms with Gasteiger partial charge in [0.15, 0.2) is 11.6 Å². The van der Waals surface area contributed by atoms with Crippen molar-refractivity contribution in [1.29, 1.82) is 0 Å². The maximum atomic E-state index is 14.7. The summed E-state index contributed by atoms with van der Waals surface area (Å²) in [5.74, 6) is -1.29. The van der Waals surface area contributed by atoms with Crippen LogP contribution in [-0.2, 0) is 11.3 Å². The van der Waals surface area contributed by atoms with E-state index in [1.807, 2.05) is 30.3 Å². The van der Waals surface area contributed by atoms with Crippen LogP contribution < -0.4 is 10.1 Å². The Morgan fingerprint density at radius 1 is 1.07 bits per heavy atom. The Balaban J connectivity index is 1.89. The Labute approximate surface area is 170 Å². The highest BCUT2D eigenvalue weighted by Gasteiger charge is 2.20. The van der Waals surface area contributed by atoms with Crippen molar-refractivity contribution < 1.29 is 23.5 Å². The molecule has 0 aliphatic heterocycles. The van der Waals surface area contributed by atoms with Crippen LogP contribution in [0, 0.1) is 5.82 Å². The smallest absolute Gasteiger partial charge is 0.410 e. The Morgan fingerprint density at radius 3 is 2.41 bits per heavy atom. The van der Waals surface area contributed by atoms with Gasteiger partial charge in [0.05, 0.1) is 5.56 Å². The molecule has 0 fully saturated rings. The molecule has 2 rings (SSSR count). The lowest BCUT2D eigenvalue weighted by Gasteiger charge is -2.24. The maximum Gasteiger partial charge on any atom is 0.410 e. The number of carbonyl (C=O) groups excluding carboxylic acids is 2. The summed E-state index contributed by atoms with van der Waals surface area (Å²) in [5, 5.41) is 2.61. The quantitative estimate of drug-likeness (QED) is 0.760. The summed E-state index contributed by atoms with van der Waals surface area (Å²) in [5.41, 5.74) is 0.181. The topological polar surface area (TPSA) is 67.9 Å². The second-order valence-electron chi connectivity index (χ2n) is 7.55. The van der Waals surface area contributed by atoms with Crippen LogP contribution in [0.3, 0.4) is 0 Å². The predicted molar refractivity (Wildman–Crippen MR) is 108 cm³/mol.